The van der Waals surface area contributed by atoms with Gasteiger partial charge in [0.05, 0.1) is 0 Å². The largest absolute Gasteiger partial charge is 0.303 e. The normalized spacial score (nSPS) is 31.5. The summed E-state index contributed by atoms with van der Waals surface area (Å²) in [4.78, 5) is 10.8. The summed E-state index contributed by atoms with van der Waals surface area (Å²) in [7, 11) is 0. The first-order chi connectivity index (χ1) is 6.04. The van der Waals surface area contributed by atoms with Gasteiger partial charge in [0.25, 0.3) is 0 Å². The molecule has 0 N–H and O–H groups in total. The van der Waals surface area contributed by atoms with Crippen LogP contribution in [0, 0.1) is 5.41 Å². The third-order valence-corrected chi connectivity index (χ3v) is 2.70. The summed E-state index contributed by atoms with van der Waals surface area (Å²) in [6.45, 7) is 3.52. The standard InChI is InChI=1S/C10H14F2O/c1-2-3-4-9(8-13)5-6-10(11,12)7-9/h2,8H,1,3-7H2. The van der Waals surface area contributed by atoms with Crippen molar-refractivity contribution in [2.45, 2.75) is 38.0 Å². The molecule has 0 saturated heterocycles. The van der Waals surface area contributed by atoms with Crippen molar-refractivity contribution >= 4 is 6.29 Å². The molecule has 74 valence electrons. The second-order valence-corrected chi connectivity index (χ2v) is 3.84. The minimum absolute atomic E-state index is 0.150. The van der Waals surface area contributed by atoms with E-state index in [-0.39, 0.29) is 12.8 Å². The zero-order chi connectivity index (χ0) is 9.95. The molecule has 1 aliphatic rings. The van der Waals surface area contributed by atoms with Crippen molar-refractivity contribution in [2.24, 2.45) is 5.41 Å². The Labute approximate surface area is 76.8 Å². The van der Waals surface area contributed by atoms with Crippen LogP contribution in [0.4, 0.5) is 8.78 Å². The lowest BCUT2D eigenvalue weighted by Gasteiger charge is -2.20. The molecule has 0 aromatic heterocycles. The highest BCUT2D eigenvalue weighted by Gasteiger charge is 2.48. The summed E-state index contributed by atoms with van der Waals surface area (Å²) < 4.78 is 25.7. The maximum atomic E-state index is 12.9. The van der Waals surface area contributed by atoms with Gasteiger partial charge in [-0.25, -0.2) is 8.78 Å². The molecule has 0 aromatic rings. The van der Waals surface area contributed by atoms with Gasteiger partial charge in [0, 0.05) is 18.3 Å². The molecule has 0 radical (unpaired) electrons. The number of alkyl halides is 2. The smallest absolute Gasteiger partial charge is 0.249 e. The van der Waals surface area contributed by atoms with Crippen LogP contribution in [0.1, 0.15) is 32.1 Å². The van der Waals surface area contributed by atoms with Gasteiger partial charge in [0.15, 0.2) is 0 Å². The number of carbonyl (C=O) groups excluding carboxylic acids is 1. The SMILES string of the molecule is C=CCCC1(C=O)CCC(F)(F)C1. The predicted octanol–water partition coefficient (Wildman–Crippen LogP) is 2.96. The third kappa shape index (κ3) is 2.36. The number of rotatable bonds is 4. The van der Waals surface area contributed by atoms with E-state index in [1.165, 1.54) is 0 Å². The zero-order valence-corrected chi connectivity index (χ0v) is 7.56. The van der Waals surface area contributed by atoms with Gasteiger partial charge in [0.1, 0.15) is 6.29 Å². The lowest BCUT2D eigenvalue weighted by Crippen LogP contribution is -2.21. The van der Waals surface area contributed by atoms with Crippen molar-refractivity contribution < 1.29 is 13.6 Å². The van der Waals surface area contributed by atoms with Gasteiger partial charge in [-0.15, -0.1) is 6.58 Å². The quantitative estimate of drug-likeness (QED) is 0.489. The van der Waals surface area contributed by atoms with E-state index in [1.54, 1.807) is 6.08 Å². The molecule has 1 nitrogen and oxygen atoms in total. The number of allylic oxidation sites excluding steroid dienone is 1. The summed E-state index contributed by atoms with van der Waals surface area (Å²) in [6.07, 6.45) is 3.40. The number of hydrogen-bond donors (Lipinski definition) is 0. The van der Waals surface area contributed by atoms with Crippen LogP contribution in [-0.4, -0.2) is 12.2 Å². The Kier molecular flexibility index (Phi) is 2.84. The summed E-state index contributed by atoms with van der Waals surface area (Å²) in [5.41, 5.74) is -0.780. The van der Waals surface area contributed by atoms with E-state index in [0.717, 1.165) is 0 Å². The van der Waals surface area contributed by atoms with Gasteiger partial charge in [0.2, 0.25) is 5.92 Å². The van der Waals surface area contributed by atoms with E-state index >= 15 is 0 Å². The minimum Gasteiger partial charge on any atom is -0.303 e. The van der Waals surface area contributed by atoms with Crippen molar-refractivity contribution in [1.29, 1.82) is 0 Å². The highest BCUT2D eigenvalue weighted by molar-refractivity contribution is 5.60. The predicted molar refractivity (Wildman–Crippen MR) is 46.7 cm³/mol. The van der Waals surface area contributed by atoms with Crippen molar-refractivity contribution in [2.75, 3.05) is 0 Å². The van der Waals surface area contributed by atoms with E-state index in [2.05, 4.69) is 6.58 Å². The Hall–Kier alpha value is -0.730. The third-order valence-electron chi connectivity index (χ3n) is 2.70. The molecule has 1 aliphatic carbocycles. The van der Waals surface area contributed by atoms with Gasteiger partial charge >= 0.3 is 0 Å². The van der Waals surface area contributed by atoms with Crippen LogP contribution in [0.2, 0.25) is 0 Å². The van der Waals surface area contributed by atoms with E-state index < -0.39 is 11.3 Å². The number of halogens is 2. The van der Waals surface area contributed by atoms with Crippen molar-refractivity contribution in [3.8, 4) is 0 Å². The first-order valence-corrected chi connectivity index (χ1v) is 4.49. The molecule has 1 fully saturated rings. The summed E-state index contributed by atoms with van der Waals surface area (Å²) in [5.74, 6) is -2.64. The maximum absolute atomic E-state index is 12.9. The number of hydrogen-bond acceptors (Lipinski definition) is 1. The Morgan fingerprint density at radius 3 is 2.46 bits per heavy atom. The molecule has 1 rings (SSSR count). The number of carbonyl (C=O) groups is 1. The fourth-order valence-electron chi connectivity index (χ4n) is 1.89. The second-order valence-electron chi connectivity index (χ2n) is 3.84. The first-order valence-electron chi connectivity index (χ1n) is 4.49. The Morgan fingerprint density at radius 1 is 1.38 bits per heavy atom. The van der Waals surface area contributed by atoms with Crippen LogP contribution in [0.5, 0.6) is 0 Å². The summed E-state index contributed by atoms with van der Waals surface area (Å²) in [6, 6.07) is 0. The molecule has 1 unspecified atom stereocenters. The number of aldehydes is 1. The van der Waals surface area contributed by atoms with E-state index in [0.29, 0.717) is 25.5 Å². The monoisotopic (exact) mass is 188 g/mol. The van der Waals surface area contributed by atoms with Gasteiger partial charge < -0.3 is 4.79 Å². The van der Waals surface area contributed by atoms with Crippen molar-refractivity contribution in [3.05, 3.63) is 12.7 Å². The van der Waals surface area contributed by atoms with Gasteiger partial charge in [-0.3, -0.25) is 0 Å². The highest BCUT2D eigenvalue weighted by Crippen LogP contribution is 2.48. The molecular formula is C10H14F2O. The molecule has 0 aliphatic heterocycles. The molecule has 1 atom stereocenters. The molecule has 1 saturated carbocycles. The maximum Gasteiger partial charge on any atom is 0.249 e. The van der Waals surface area contributed by atoms with Crippen LogP contribution >= 0.6 is 0 Å². The molecular weight excluding hydrogens is 174 g/mol. The Balaban J connectivity index is 2.62. The molecule has 0 spiro atoms. The molecule has 0 aromatic carbocycles. The average Bonchev–Trinajstić information content (AvgIpc) is 2.40. The summed E-state index contributed by atoms with van der Waals surface area (Å²) in [5, 5.41) is 0. The lowest BCUT2D eigenvalue weighted by atomic mass is 9.83. The van der Waals surface area contributed by atoms with Gasteiger partial charge in [-0.2, -0.15) is 0 Å². The first kappa shape index (κ1) is 10.4. The van der Waals surface area contributed by atoms with Crippen LogP contribution in [0.3, 0.4) is 0 Å². The Bertz CT molecular complexity index is 213. The van der Waals surface area contributed by atoms with Crippen molar-refractivity contribution in [3.63, 3.8) is 0 Å². The van der Waals surface area contributed by atoms with Gasteiger partial charge in [-0.05, 0) is 19.3 Å². The zero-order valence-electron chi connectivity index (χ0n) is 7.56. The average molecular weight is 188 g/mol. The molecule has 3 heteroatoms. The van der Waals surface area contributed by atoms with Crippen molar-refractivity contribution in [1.82, 2.24) is 0 Å². The van der Waals surface area contributed by atoms with Crippen LogP contribution in [0.15, 0.2) is 12.7 Å². The van der Waals surface area contributed by atoms with Gasteiger partial charge in [-0.1, -0.05) is 6.08 Å². The second kappa shape index (κ2) is 3.56. The summed E-state index contributed by atoms with van der Waals surface area (Å²) >= 11 is 0. The Morgan fingerprint density at radius 2 is 2.08 bits per heavy atom. The highest BCUT2D eigenvalue weighted by atomic mass is 19.3. The lowest BCUT2D eigenvalue weighted by molar-refractivity contribution is -0.118. The fourth-order valence-corrected chi connectivity index (χ4v) is 1.89. The molecule has 0 amide bonds. The fraction of sp³-hybridized carbons (Fsp3) is 0.700. The van der Waals surface area contributed by atoms with Crippen LogP contribution in [0.25, 0.3) is 0 Å². The van der Waals surface area contributed by atoms with Crippen LogP contribution in [-0.2, 0) is 4.79 Å². The minimum atomic E-state index is -2.64. The van der Waals surface area contributed by atoms with E-state index in [4.69, 9.17) is 0 Å². The molecule has 13 heavy (non-hydrogen) atoms. The van der Waals surface area contributed by atoms with Crippen LogP contribution < -0.4 is 0 Å². The topological polar surface area (TPSA) is 17.1 Å². The van der Waals surface area contributed by atoms with E-state index in [1.807, 2.05) is 0 Å². The van der Waals surface area contributed by atoms with E-state index in [9.17, 15) is 13.6 Å². The molecule has 0 heterocycles. The molecule has 0 bridgehead atoms.